The van der Waals surface area contributed by atoms with E-state index >= 15 is 0 Å². The fourth-order valence-corrected chi connectivity index (χ4v) is 2.79. The molecule has 0 unspecified atom stereocenters. The predicted molar refractivity (Wildman–Crippen MR) is 114 cm³/mol. The zero-order chi connectivity index (χ0) is 20.8. The first-order valence-corrected chi connectivity index (χ1v) is 9.26. The van der Waals surface area contributed by atoms with Crippen molar-refractivity contribution < 1.29 is 14.0 Å². The first-order chi connectivity index (χ1) is 13.9. The Bertz CT molecular complexity index is 1040. The van der Waals surface area contributed by atoms with Crippen LogP contribution < -0.4 is 16.0 Å². The molecule has 0 heterocycles. The third kappa shape index (κ3) is 5.56. The Morgan fingerprint density at radius 3 is 2.38 bits per heavy atom. The number of carbonyl (C=O) groups excluding carboxylic acids is 2. The molecule has 3 aromatic rings. The summed E-state index contributed by atoms with van der Waals surface area (Å²) in [5.41, 5.74) is 2.67. The smallest absolute Gasteiger partial charge is 0.257 e. The molecule has 29 heavy (non-hydrogen) atoms. The first kappa shape index (κ1) is 20.4. The van der Waals surface area contributed by atoms with Gasteiger partial charge in [0.2, 0.25) is 5.91 Å². The van der Waals surface area contributed by atoms with Crippen molar-refractivity contribution in [2.75, 3.05) is 22.5 Å². The molecule has 0 aliphatic carbocycles. The van der Waals surface area contributed by atoms with Crippen LogP contribution in [0.25, 0.3) is 0 Å². The van der Waals surface area contributed by atoms with Crippen LogP contribution in [0.5, 0.6) is 0 Å². The minimum absolute atomic E-state index is 0.0339. The van der Waals surface area contributed by atoms with Crippen molar-refractivity contribution in [2.45, 2.75) is 6.92 Å². The Labute approximate surface area is 172 Å². The molecule has 3 N–H and O–H groups in total. The summed E-state index contributed by atoms with van der Waals surface area (Å²) in [6.07, 6.45) is 0. The van der Waals surface area contributed by atoms with Crippen LogP contribution >= 0.6 is 11.6 Å². The molecule has 5 nitrogen and oxygen atoms in total. The molecular weight excluding hydrogens is 393 g/mol. The maximum Gasteiger partial charge on any atom is 0.257 e. The van der Waals surface area contributed by atoms with Crippen molar-refractivity contribution in [1.82, 2.24) is 0 Å². The molecule has 2 amide bonds. The van der Waals surface area contributed by atoms with Gasteiger partial charge in [-0.25, -0.2) is 4.39 Å². The molecule has 0 saturated carbocycles. The average Bonchev–Trinajstić information content (AvgIpc) is 2.70. The third-order valence-electron chi connectivity index (χ3n) is 4.13. The number of hydrogen-bond donors (Lipinski definition) is 3. The molecule has 0 spiro atoms. The third-order valence-corrected chi connectivity index (χ3v) is 4.36. The van der Waals surface area contributed by atoms with Gasteiger partial charge in [-0.05, 0) is 49.4 Å². The summed E-state index contributed by atoms with van der Waals surface area (Å²) < 4.78 is 13.8. The largest absolute Gasteiger partial charge is 0.376 e. The molecule has 0 aliphatic rings. The summed E-state index contributed by atoms with van der Waals surface area (Å²) in [7, 11) is 0. The minimum atomic E-state index is -0.622. The van der Waals surface area contributed by atoms with E-state index in [2.05, 4.69) is 16.0 Å². The summed E-state index contributed by atoms with van der Waals surface area (Å²) in [6.45, 7) is 1.82. The predicted octanol–water partition coefficient (Wildman–Crippen LogP) is 5.09. The van der Waals surface area contributed by atoms with Crippen molar-refractivity contribution in [3.63, 3.8) is 0 Å². The van der Waals surface area contributed by atoms with E-state index in [0.717, 1.165) is 11.6 Å². The molecule has 0 aliphatic heterocycles. The van der Waals surface area contributed by atoms with Crippen LogP contribution in [-0.2, 0) is 4.79 Å². The fourth-order valence-electron chi connectivity index (χ4n) is 2.63. The Morgan fingerprint density at radius 2 is 1.66 bits per heavy atom. The number of para-hydroxylation sites is 1. The van der Waals surface area contributed by atoms with E-state index in [1.165, 1.54) is 12.1 Å². The molecule has 0 bridgehead atoms. The highest BCUT2D eigenvalue weighted by Gasteiger charge is 2.13. The van der Waals surface area contributed by atoms with E-state index in [1.807, 2.05) is 31.2 Å². The van der Waals surface area contributed by atoms with Gasteiger partial charge >= 0.3 is 0 Å². The van der Waals surface area contributed by atoms with Gasteiger partial charge in [-0.3, -0.25) is 9.59 Å². The van der Waals surface area contributed by atoms with Crippen molar-refractivity contribution >= 4 is 40.5 Å². The second-order valence-electron chi connectivity index (χ2n) is 6.39. The molecule has 0 radical (unpaired) electrons. The number of halogens is 2. The number of aryl methyl sites for hydroxylation is 1. The molecule has 7 heteroatoms. The highest BCUT2D eigenvalue weighted by Crippen LogP contribution is 2.20. The standard InChI is InChI=1S/C22H19ClFN3O2/c1-14-6-9-16(10-7-14)26-22(29)17-4-2-3-5-19(17)25-13-21(28)27-20-11-8-15(23)12-18(20)24/h2-12,25H,13H2,1H3,(H,26,29)(H,27,28). The summed E-state index contributed by atoms with van der Waals surface area (Å²) in [5, 5.41) is 8.45. The van der Waals surface area contributed by atoms with Crippen molar-refractivity contribution in [1.29, 1.82) is 0 Å². The van der Waals surface area contributed by atoms with Gasteiger partial charge in [0.15, 0.2) is 0 Å². The van der Waals surface area contributed by atoms with E-state index in [0.29, 0.717) is 16.9 Å². The van der Waals surface area contributed by atoms with Crippen LogP contribution in [0.1, 0.15) is 15.9 Å². The van der Waals surface area contributed by atoms with Crippen LogP contribution in [0.4, 0.5) is 21.5 Å². The maximum atomic E-state index is 13.8. The lowest BCUT2D eigenvalue weighted by atomic mass is 10.1. The van der Waals surface area contributed by atoms with Gasteiger partial charge in [0.25, 0.3) is 5.91 Å². The van der Waals surface area contributed by atoms with E-state index in [9.17, 15) is 14.0 Å². The zero-order valence-corrected chi connectivity index (χ0v) is 16.4. The number of amides is 2. The van der Waals surface area contributed by atoms with Gasteiger partial charge in [0.1, 0.15) is 5.82 Å². The second kappa shape index (κ2) is 9.21. The normalized spacial score (nSPS) is 10.3. The number of nitrogens with one attached hydrogen (secondary N) is 3. The summed E-state index contributed by atoms with van der Waals surface area (Å²) >= 11 is 5.70. The molecule has 3 aromatic carbocycles. The molecule has 0 aromatic heterocycles. The number of hydrogen-bond acceptors (Lipinski definition) is 3. The van der Waals surface area contributed by atoms with Crippen molar-refractivity contribution in [2.24, 2.45) is 0 Å². The quantitative estimate of drug-likeness (QED) is 0.529. The van der Waals surface area contributed by atoms with Crippen LogP contribution in [0.2, 0.25) is 5.02 Å². The minimum Gasteiger partial charge on any atom is -0.376 e. The molecule has 148 valence electrons. The summed E-state index contributed by atoms with van der Waals surface area (Å²) in [5.74, 6) is -1.38. The fraction of sp³-hybridized carbons (Fsp3) is 0.0909. The van der Waals surface area contributed by atoms with Gasteiger partial charge in [-0.1, -0.05) is 41.4 Å². The highest BCUT2D eigenvalue weighted by molar-refractivity contribution is 6.30. The van der Waals surface area contributed by atoms with E-state index in [1.54, 1.807) is 24.3 Å². The molecule has 3 rings (SSSR count). The summed E-state index contributed by atoms with van der Waals surface area (Å²) in [4.78, 5) is 24.8. The summed E-state index contributed by atoms with van der Waals surface area (Å²) in [6, 6.07) is 18.3. The van der Waals surface area contributed by atoms with Gasteiger partial charge in [0.05, 0.1) is 17.8 Å². The number of carbonyl (C=O) groups is 2. The molecule has 0 saturated heterocycles. The molecular formula is C22H19ClFN3O2. The lowest BCUT2D eigenvalue weighted by molar-refractivity contribution is -0.114. The highest BCUT2D eigenvalue weighted by atomic mass is 35.5. The van der Waals surface area contributed by atoms with Crippen LogP contribution in [-0.4, -0.2) is 18.4 Å². The van der Waals surface area contributed by atoms with Crippen LogP contribution in [0, 0.1) is 12.7 Å². The van der Waals surface area contributed by atoms with Crippen LogP contribution in [0.15, 0.2) is 66.7 Å². The Morgan fingerprint density at radius 1 is 0.931 bits per heavy atom. The lowest BCUT2D eigenvalue weighted by Crippen LogP contribution is -2.23. The second-order valence-corrected chi connectivity index (χ2v) is 6.83. The monoisotopic (exact) mass is 411 g/mol. The topological polar surface area (TPSA) is 70.2 Å². The maximum absolute atomic E-state index is 13.8. The van der Waals surface area contributed by atoms with E-state index in [-0.39, 0.29) is 23.2 Å². The SMILES string of the molecule is Cc1ccc(NC(=O)c2ccccc2NCC(=O)Nc2ccc(Cl)cc2F)cc1. The van der Waals surface area contributed by atoms with E-state index in [4.69, 9.17) is 11.6 Å². The zero-order valence-electron chi connectivity index (χ0n) is 15.6. The van der Waals surface area contributed by atoms with Gasteiger partial charge < -0.3 is 16.0 Å². The lowest BCUT2D eigenvalue weighted by Gasteiger charge is -2.13. The van der Waals surface area contributed by atoms with Crippen LogP contribution in [0.3, 0.4) is 0 Å². The Hall–Kier alpha value is -3.38. The number of anilines is 3. The van der Waals surface area contributed by atoms with Crippen molar-refractivity contribution in [3.8, 4) is 0 Å². The Balaban J connectivity index is 1.64. The molecule has 0 atom stereocenters. The number of rotatable bonds is 6. The van der Waals surface area contributed by atoms with Gasteiger partial charge in [-0.15, -0.1) is 0 Å². The Kier molecular flexibility index (Phi) is 6.46. The number of benzene rings is 3. The molecule has 0 fully saturated rings. The first-order valence-electron chi connectivity index (χ1n) is 8.88. The van der Waals surface area contributed by atoms with Crippen molar-refractivity contribution in [3.05, 3.63) is 88.7 Å². The van der Waals surface area contributed by atoms with E-state index < -0.39 is 11.7 Å². The van der Waals surface area contributed by atoms with Gasteiger partial charge in [-0.2, -0.15) is 0 Å². The van der Waals surface area contributed by atoms with Gasteiger partial charge in [0, 0.05) is 16.4 Å². The average molecular weight is 412 g/mol.